The lowest BCUT2D eigenvalue weighted by atomic mass is 10.2. The average Bonchev–Trinajstić information content (AvgIpc) is 2.56. The molecule has 23 heavy (non-hydrogen) atoms. The quantitative estimate of drug-likeness (QED) is 0.488. The Labute approximate surface area is 130 Å². The molecule has 0 saturated heterocycles. The largest absolute Gasteiger partial charge is 0.500 e. The van der Waals surface area contributed by atoms with Gasteiger partial charge in [0.15, 0.2) is 5.75 Å². The number of nitro groups is 1. The number of rotatable bonds is 5. The van der Waals surface area contributed by atoms with Crippen LogP contribution >= 0.6 is 0 Å². The van der Waals surface area contributed by atoms with Gasteiger partial charge in [-0.05, 0) is 18.2 Å². The van der Waals surface area contributed by atoms with Gasteiger partial charge in [-0.1, -0.05) is 0 Å². The summed E-state index contributed by atoms with van der Waals surface area (Å²) in [7, 11) is 1.27. The molecule has 9 heteroatoms. The van der Waals surface area contributed by atoms with Crippen LogP contribution in [0.25, 0.3) is 0 Å². The van der Waals surface area contributed by atoms with Crippen molar-refractivity contribution in [2.45, 2.75) is 0 Å². The highest BCUT2D eigenvalue weighted by atomic mass is 16.6. The van der Waals surface area contributed by atoms with E-state index in [1.807, 2.05) is 0 Å². The molecular formula is C14H12N4O5. The molecule has 1 aromatic carbocycles. The third-order valence-corrected chi connectivity index (χ3v) is 2.80. The summed E-state index contributed by atoms with van der Waals surface area (Å²) in [6, 6.07) is 5.62. The Morgan fingerprint density at radius 2 is 2.30 bits per heavy atom. The first-order valence-electron chi connectivity index (χ1n) is 6.31. The first kappa shape index (κ1) is 15.9. The standard InChI is InChI=1S/C14H12N4O5/c1-23-12-6-9(5-11(13(12)19)18(21)22)7-16-17-14(20)10-3-2-4-15-8-10/h2-8,19H,1H3,(H,17,20)/b16-7-. The Hall–Kier alpha value is -3.49. The third kappa shape index (κ3) is 3.79. The van der Waals surface area contributed by atoms with Crippen molar-refractivity contribution in [3.8, 4) is 11.5 Å². The number of nitrogens with zero attached hydrogens (tertiary/aromatic N) is 3. The number of carbonyl (C=O) groups is 1. The molecule has 0 saturated carbocycles. The van der Waals surface area contributed by atoms with Gasteiger partial charge < -0.3 is 9.84 Å². The number of aromatic nitrogens is 1. The second kappa shape index (κ2) is 6.98. The second-order valence-corrected chi connectivity index (χ2v) is 4.29. The molecule has 0 aliphatic carbocycles. The molecule has 2 N–H and O–H groups in total. The van der Waals surface area contributed by atoms with Crippen molar-refractivity contribution in [3.05, 3.63) is 57.9 Å². The van der Waals surface area contributed by atoms with Gasteiger partial charge >= 0.3 is 5.69 Å². The fourth-order valence-electron chi connectivity index (χ4n) is 1.71. The predicted molar refractivity (Wildman–Crippen MR) is 80.6 cm³/mol. The fourth-order valence-corrected chi connectivity index (χ4v) is 1.71. The number of phenols is 1. The van der Waals surface area contributed by atoms with Crippen LogP contribution in [0.4, 0.5) is 5.69 Å². The summed E-state index contributed by atoms with van der Waals surface area (Å²) in [5.41, 5.74) is 2.34. The van der Waals surface area contributed by atoms with E-state index in [1.165, 1.54) is 31.8 Å². The lowest BCUT2D eigenvalue weighted by molar-refractivity contribution is -0.386. The molecule has 0 fully saturated rings. The number of hydrogen-bond acceptors (Lipinski definition) is 7. The van der Waals surface area contributed by atoms with Gasteiger partial charge in [-0.25, -0.2) is 5.43 Å². The number of hydrazone groups is 1. The maximum Gasteiger partial charge on any atom is 0.315 e. The number of hydrogen-bond donors (Lipinski definition) is 2. The summed E-state index contributed by atoms with van der Waals surface area (Å²) in [6.45, 7) is 0. The first-order chi connectivity index (χ1) is 11.0. The van der Waals surface area contributed by atoms with Crippen LogP contribution in [-0.2, 0) is 0 Å². The number of ether oxygens (including phenoxy) is 1. The number of aromatic hydroxyl groups is 1. The van der Waals surface area contributed by atoms with E-state index in [2.05, 4.69) is 15.5 Å². The second-order valence-electron chi connectivity index (χ2n) is 4.29. The van der Waals surface area contributed by atoms with Gasteiger partial charge in [-0.3, -0.25) is 19.9 Å². The lowest BCUT2D eigenvalue weighted by Crippen LogP contribution is -2.17. The number of carbonyl (C=O) groups excluding carboxylic acids is 1. The van der Waals surface area contributed by atoms with Gasteiger partial charge in [0.1, 0.15) is 0 Å². The maximum absolute atomic E-state index is 11.7. The van der Waals surface area contributed by atoms with Gasteiger partial charge in [-0.15, -0.1) is 0 Å². The minimum absolute atomic E-state index is 0.0702. The average molecular weight is 316 g/mol. The Morgan fingerprint density at radius 1 is 1.52 bits per heavy atom. The van der Waals surface area contributed by atoms with Crippen molar-refractivity contribution in [1.29, 1.82) is 0 Å². The van der Waals surface area contributed by atoms with Crippen LogP contribution in [0.1, 0.15) is 15.9 Å². The summed E-state index contributed by atoms with van der Waals surface area (Å²) in [6.07, 6.45) is 4.10. The van der Waals surface area contributed by atoms with E-state index in [4.69, 9.17) is 4.74 Å². The number of benzene rings is 1. The molecule has 0 aliphatic rings. The number of nitrogens with one attached hydrogen (secondary N) is 1. The van der Waals surface area contributed by atoms with E-state index in [9.17, 15) is 20.0 Å². The first-order valence-corrected chi connectivity index (χ1v) is 6.31. The zero-order chi connectivity index (χ0) is 16.8. The van der Waals surface area contributed by atoms with Crippen molar-refractivity contribution < 1.29 is 19.6 Å². The molecule has 0 radical (unpaired) electrons. The van der Waals surface area contributed by atoms with E-state index in [-0.39, 0.29) is 11.3 Å². The van der Waals surface area contributed by atoms with Gasteiger partial charge in [0.2, 0.25) is 5.75 Å². The zero-order valence-electron chi connectivity index (χ0n) is 12.0. The zero-order valence-corrected chi connectivity index (χ0v) is 12.0. The van der Waals surface area contributed by atoms with Crippen LogP contribution < -0.4 is 10.2 Å². The van der Waals surface area contributed by atoms with Crippen molar-refractivity contribution in [2.24, 2.45) is 5.10 Å². The predicted octanol–water partition coefficient (Wildman–Crippen LogP) is 1.47. The van der Waals surface area contributed by atoms with Crippen LogP contribution in [0.5, 0.6) is 11.5 Å². The number of pyridine rings is 1. The van der Waals surface area contributed by atoms with Gasteiger partial charge in [0.05, 0.1) is 23.8 Å². The molecule has 1 amide bonds. The molecule has 1 heterocycles. The Balaban J connectivity index is 2.18. The van der Waals surface area contributed by atoms with Gasteiger partial charge in [0.25, 0.3) is 5.91 Å². The van der Waals surface area contributed by atoms with Gasteiger partial charge in [0, 0.05) is 24.0 Å². The number of methoxy groups -OCH3 is 1. The monoisotopic (exact) mass is 316 g/mol. The minimum Gasteiger partial charge on any atom is -0.500 e. The highest BCUT2D eigenvalue weighted by Gasteiger charge is 2.19. The molecule has 118 valence electrons. The minimum atomic E-state index is -0.747. The van der Waals surface area contributed by atoms with Crippen LogP contribution in [0.2, 0.25) is 0 Å². The van der Waals surface area contributed by atoms with Crippen molar-refractivity contribution in [2.75, 3.05) is 7.11 Å². The van der Waals surface area contributed by atoms with Crippen LogP contribution in [-0.4, -0.2) is 34.2 Å². The summed E-state index contributed by atoms with van der Waals surface area (Å²) in [5.74, 6) is -1.12. The van der Waals surface area contributed by atoms with E-state index in [1.54, 1.807) is 12.1 Å². The normalized spacial score (nSPS) is 10.5. The van der Waals surface area contributed by atoms with Crippen molar-refractivity contribution >= 4 is 17.8 Å². The van der Waals surface area contributed by atoms with Gasteiger partial charge in [-0.2, -0.15) is 5.10 Å². The Morgan fingerprint density at radius 3 is 2.91 bits per heavy atom. The van der Waals surface area contributed by atoms with E-state index in [0.29, 0.717) is 5.56 Å². The van der Waals surface area contributed by atoms with Crippen LogP contribution in [0.3, 0.4) is 0 Å². The van der Waals surface area contributed by atoms with Crippen molar-refractivity contribution in [3.63, 3.8) is 0 Å². The molecule has 0 aliphatic heterocycles. The topological polar surface area (TPSA) is 127 Å². The van der Waals surface area contributed by atoms with Crippen molar-refractivity contribution in [1.82, 2.24) is 10.4 Å². The molecule has 2 rings (SSSR count). The molecule has 1 aromatic heterocycles. The third-order valence-electron chi connectivity index (χ3n) is 2.80. The molecule has 0 bridgehead atoms. The van der Waals surface area contributed by atoms with E-state index < -0.39 is 22.3 Å². The maximum atomic E-state index is 11.7. The molecule has 9 nitrogen and oxygen atoms in total. The highest BCUT2D eigenvalue weighted by molar-refractivity contribution is 5.94. The SMILES string of the molecule is COc1cc(/C=N\NC(=O)c2cccnc2)cc([N+](=O)[O-])c1O. The number of phenolic OH excluding ortho intramolecular Hbond substituents is 1. The number of nitro benzene ring substituents is 1. The summed E-state index contributed by atoms with van der Waals surface area (Å²) >= 11 is 0. The fraction of sp³-hybridized carbons (Fsp3) is 0.0714. The lowest BCUT2D eigenvalue weighted by Gasteiger charge is -2.05. The molecule has 0 atom stereocenters. The Kier molecular flexibility index (Phi) is 4.82. The molecular weight excluding hydrogens is 304 g/mol. The summed E-state index contributed by atoms with van der Waals surface area (Å²) in [4.78, 5) is 25.7. The summed E-state index contributed by atoms with van der Waals surface area (Å²) in [5, 5.41) is 24.2. The summed E-state index contributed by atoms with van der Waals surface area (Å²) < 4.78 is 4.86. The van der Waals surface area contributed by atoms with E-state index in [0.717, 1.165) is 6.07 Å². The van der Waals surface area contributed by atoms with Crippen LogP contribution in [0, 0.1) is 10.1 Å². The van der Waals surface area contributed by atoms with Crippen LogP contribution in [0.15, 0.2) is 41.8 Å². The molecule has 0 unspecified atom stereocenters. The van der Waals surface area contributed by atoms with E-state index >= 15 is 0 Å². The molecule has 2 aromatic rings. The Bertz CT molecular complexity index is 761. The number of amides is 1. The smallest absolute Gasteiger partial charge is 0.315 e. The highest BCUT2D eigenvalue weighted by Crippen LogP contribution is 2.36. The molecule has 0 spiro atoms.